The van der Waals surface area contributed by atoms with Crippen molar-refractivity contribution in [1.82, 2.24) is 15.1 Å². The van der Waals surface area contributed by atoms with Gasteiger partial charge in [-0.25, -0.2) is 4.98 Å². The third kappa shape index (κ3) is 3.03. The summed E-state index contributed by atoms with van der Waals surface area (Å²) >= 11 is 0. The first-order chi connectivity index (χ1) is 12.2. The zero-order valence-electron chi connectivity index (χ0n) is 13.5. The summed E-state index contributed by atoms with van der Waals surface area (Å²) in [6.07, 6.45) is 5.25. The van der Waals surface area contributed by atoms with Gasteiger partial charge in [-0.2, -0.15) is 10.2 Å². The second-order valence-electron chi connectivity index (χ2n) is 6.48. The van der Waals surface area contributed by atoms with Crippen molar-refractivity contribution in [3.8, 4) is 6.07 Å². The number of hydrogen-bond acceptors (Lipinski definition) is 8. The maximum Gasteiger partial charge on any atom is 0.289 e. The summed E-state index contributed by atoms with van der Waals surface area (Å²) in [5.41, 5.74) is 0.0303. The molecular weight excluding hydrogens is 324 g/mol. The molecule has 1 aliphatic heterocycles. The van der Waals surface area contributed by atoms with Gasteiger partial charge < -0.3 is 9.42 Å². The van der Waals surface area contributed by atoms with E-state index in [0.29, 0.717) is 24.1 Å². The fraction of sp³-hybridized carbons (Fsp3) is 0.500. The largest absolute Gasteiger partial charge is 0.355 e. The SMILES string of the molecule is N#Cc1cc([N+](=O)[O-])cnc1N1CCCC(c2noc(C3CC3)n2)C1. The van der Waals surface area contributed by atoms with E-state index in [1.165, 1.54) is 12.3 Å². The molecule has 0 N–H and O–H groups in total. The van der Waals surface area contributed by atoms with E-state index in [2.05, 4.69) is 15.1 Å². The molecule has 1 aliphatic carbocycles. The maximum atomic E-state index is 10.9. The molecule has 0 radical (unpaired) electrons. The predicted octanol–water partition coefficient (Wildman–Crippen LogP) is 2.51. The molecule has 0 bridgehead atoms. The van der Waals surface area contributed by atoms with Crippen molar-refractivity contribution in [2.75, 3.05) is 18.0 Å². The van der Waals surface area contributed by atoms with Gasteiger partial charge in [0.1, 0.15) is 23.6 Å². The minimum absolute atomic E-state index is 0.105. The minimum Gasteiger partial charge on any atom is -0.355 e. The van der Waals surface area contributed by atoms with E-state index >= 15 is 0 Å². The second kappa shape index (κ2) is 6.12. The first-order valence-corrected chi connectivity index (χ1v) is 8.28. The Kier molecular flexibility index (Phi) is 3.80. The molecule has 9 heteroatoms. The van der Waals surface area contributed by atoms with Crippen LogP contribution in [0.1, 0.15) is 54.8 Å². The van der Waals surface area contributed by atoms with Crippen LogP contribution in [0.5, 0.6) is 0 Å². The lowest BCUT2D eigenvalue weighted by atomic mass is 9.97. The number of piperidine rings is 1. The van der Waals surface area contributed by atoms with Crippen molar-refractivity contribution in [3.05, 3.63) is 39.7 Å². The van der Waals surface area contributed by atoms with Crippen LogP contribution in [0.4, 0.5) is 11.5 Å². The number of nitrogens with zero attached hydrogens (tertiary/aromatic N) is 6. The van der Waals surface area contributed by atoms with Gasteiger partial charge in [0.2, 0.25) is 5.89 Å². The van der Waals surface area contributed by atoms with Crippen LogP contribution in [0, 0.1) is 21.4 Å². The number of aromatic nitrogens is 3. The van der Waals surface area contributed by atoms with Crippen LogP contribution in [-0.2, 0) is 0 Å². The molecule has 2 aromatic rings. The highest BCUT2D eigenvalue weighted by Crippen LogP contribution is 2.40. The third-order valence-electron chi connectivity index (χ3n) is 4.65. The fourth-order valence-corrected chi connectivity index (χ4v) is 3.17. The van der Waals surface area contributed by atoms with E-state index < -0.39 is 4.92 Å². The molecule has 2 aliphatic rings. The highest BCUT2D eigenvalue weighted by atomic mass is 16.6. The summed E-state index contributed by atoms with van der Waals surface area (Å²) in [5, 5.41) is 24.3. The average Bonchev–Trinajstić information content (AvgIpc) is 3.38. The molecule has 1 saturated carbocycles. The molecule has 2 fully saturated rings. The van der Waals surface area contributed by atoms with Crippen molar-refractivity contribution < 1.29 is 9.45 Å². The molecule has 0 spiro atoms. The molecule has 1 atom stereocenters. The van der Waals surface area contributed by atoms with Gasteiger partial charge in [0.25, 0.3) is 5.69 Å². The Morgan fingerprint density at radius 3 is 2.92 bits per heavy atom. The van der Waals surface area contributed by atoms with E-state index in [4.69, 9.17) is 4.52 Å². The molecule has 0 aromatic carbocycles. The van der Waals surface area contributed by atoms with Crippen molar-refractivity contribution in [2.45, 2.75) is 37.5 Å². The molecule has 128 valence electrons. The fourth-order valence-electron chi connectivity index (χ4n) is 3.17. The summed E-state index contributed by atoms with van der Waals surface area (Å²) in [6, 6.07) is 3.28. The van der Waals surface area contributed by atoms with Crippen LogP contribution >= 0.6 is 0 Å². The highest BCUT2D eigenvalue weighted by Gasteiger charge is 2.32. The van der Waals surface area contributed by atoms with Crippen molar-refractivity contribution >= 4 is 11.5 Å². The predicted molar refractivity (Wildman–Crippen MR) is 86.1 cm³/mol. The number of hydrogen-bond donors (Lipinski definition) is 0. The normalized spacial score (nSPS) is 20.3. The molecule has 9 nitrogen and oxygen atoms in total. The lowest BCUT2D eigenvalue weighted by Crippen LogP contribution is -2.35. The van der Waals surface area contributed by atoms with Gasteiger partial charge in [-0.05, 0) is 25.7 Å². The van der Waals surface area contributed by atoms with Gasteiger partial charge in [0.05, 0.1) is 4.92 Å². The van der Waals surface area contributed by atoms with Crippen LogP contribution in [0.25, 0.3) is 0 Å². The van der Waals surface area contributed by atoms with Gasteiger partial charge >= 0.3 is 0 Å². The number of rotatable bonds is 4. The third-order valence-corrected chi connectivity index (χ3v) is 4.65. The van der Waals surface area contributed by atoms with Gasteiger partial charge in [0.15, 0.2) is 5.82 Å². The Bertz CT molecular complexity index is 854. The zero-order valence-corrected chi connectivity index (χ0v) is 13.5. The smallest absolute Gasteiger partial charge is 0.289 e. The monoisotopic (exact) mass is 340 g/mol. The van der Waals surface area contributed by atoms with Crippen LogP contribution < -0.4 is 4.90 Å². The van der Waals surface area contributed by atoms with E-state index in [0.717, 1.165) is 38.1 Å². The lowest BCUT2D eigenvalue weighted by molar-refractivity contribution is -0.385. The Morgan fingerprint density at radius 2 is 2.20 bits per heavy atom. The van der Waals surface area contributed by atoms with Crippen molar-refractivity contribution in [1.29, 1.82) is 5.26 Å². The van der Waals surface area contributed by atoms with E-state index in [1.807, 2.05) is 11.0 Å². The molecule has 2 aromatic heterocycles. The molecular formula is C16H16N6O3. The molecule has 4 rings (SSSR count). The summed E-state index contributed by atoms with van der Waals surface area (Å²) in [6.45, 7) is 1.35. The highest BCUT2D eigenvalue weighted by molar-refractivity contribution is 5.57. The number of anilines is 1. The maximum absolute atomic E-state index is 10.9. The first kappa shape index (κ1) is 15.5. The van der Waals surface area contributed by atoms with Crippen molar-refractivity contribution in [2.24, 2.45) is 0 Å². The van der Waals surface area contributed by atoms with Gasteiger partial charge in [-0.15, -0.1) is 0 Å². The summed E-state index contributed by atoms with van der Waals surface area (Å²) in [5.74, 6) is 2.42. The Hall–Kier alpha value is -3.02. The van der Waals surface area contributed by atoms with Gasteiger partial charge in [0, 0.05) is 31.0 Å². The Balaban J connectivity index is 1.56. The molecule has 1 saturated heterocycles. The number of nitro groups is 1. The zero-order chi connectivity index (χ0) is 17.4. The minimum atomic E-state index is -0.546. The number of pyridine rings is 1. The Labute approximate surface area is 143 Å². The summed E-state index contributed by atoms with van der Waals surface area (Å²) < 4.78 is 5.35. The lowest BCUT2D eigenvalue weighted by Gasteiger charge is -2.32. The molecule has 1 unspecified atom stereocenters. The van der Waals surface area contributed by atoms with E-state index in [1.54, 1.807) is 0 Å². The van der Waals surface area contributed by atoms with Gasteiger partial charge in [-0.1, -0.05) is 5.16 Å². The standard InChI is InChI=1S/C16H16N6O3/c17-7-12-6-13(22(23)24)8-18-15(12)21-5-1-2-11(9-21)14-19-16(25-20-14)10-3-4-10/h6,8,10-11H,1-5,9H2. The quantitative estimate of drug-likeness (QED) is 0.614. The van der Waals surface area contributed by atoms with Crippen molar-refractivity contribution in [3.63, 3.8) is 0 Å². The molecule has 25 heavy (non-hydrogen) atoms. The van der Waals surface area contributed by atoms with Crippen LogP contribution in [-0.4, -0.2) is 33.1 Å². The van der Waals surface area contributed by atoms with E-state index in [9.17, 15) is 15.4 Å². The number of nitriles is 1. The van der Waals surface area contributed by atoms with Gasteiger partial charge in [-0.3, -0.25) is 10.1 Å². The summed E-state index contributed by atoms with van der Waals surface area (Å²) in [4.78, 5) is 21.0. The molecule has 3 heterocycles. The van der Waals surface area contributed by atoms with Crippen LogP contribution in [0.15, 0.2) is 16.8 Å². The molecule has 0 amide bonds. The summed E-state index contributed by atoms with van der Waals surface area (Å²) in [7, 11) is 0. The van der Waals surface area contributed by atoms with Crippen LogP contribution in [0.2, 0.25) is 0 Å². The average molecular weight is 340 g/mol. The second-order valence-corrected chi connectivity index (χ2v) is 6.48. The topological polar surface area (TPSA) is 122 Å². The Morgan fingerprint density at radius 1 is 1.36 bits per heavy atom. The van der Waals surface area contributed by atoms with E-state index in [-0.39, 0.29) is 17.2 Å². The van der Waals surface area contributed by atoms with Crippen LogP contribution in [0.3, 0.4) is 0 Å². The first-order valence-electron chi connectivity index (χ1n) is 8.28.